The maximum atomic E-state index is 4.11. The lowest BCUT2D eigenvalue weighted by molar-refractivity contribution is 0.493. The molecule has 4 aromatic rings. The molecule has 4 nitrogen and oxygen atoms in total. The van der Waals surface area contributed by atoms with Crippen LogP contribution in [0.15, 0.2) is 79.4 Å². The number of hydrogen-bond acceptors (Lipinski definition) is 3. The third kappa shape index (κ3) is 2.85. The molecule has 0 atom stereocenters. The van der Waals surface area contributed by atoms with E-state index in [-0.39, 0.29) is 0 Å². The average Bonchev–Trinajstić information content (AvgIpc) is 3.39. The third-order valence-electron chi connectivity index (χ3n) is 5.14. The van der Waals surface area contributed by atoms with Gasteiger partial charge in [0.05, 0.1) is 30.6 Å². The summed E-state index contributed by atoms with van der Waals surface area (Å²) in [6, 6.07) is 21.9. The zero-order valence-electron chi connectivity index (χ0n) is 15.1. The lowest BCUT2D eigenvalue weighted by Crippen LogP contribution is -2.17. The summed E-state index contributed by atoms with van der Waals surface area (Å²) in [6.45, 7) is 0.863. The molecule has 1 aromatic heterocycles. The molecule has 0 radical (unpaired) electrons. The van der Waals surface area contributed by atoms with E-state index in [0.717, 1.165) is 17.9 Å². The third-order valence-corrected chi connectivity index (χ3v) is 5.14. The molecule has 2 N–H and O–H groups in total. The Morgan fingerprint density at radius 3 is 2.15 bits per heavy atom. The fourth-order valence-electron chi connectivity index (χ4n) is 3.62. The lowest BCUT2D eigenvalue weighted by atomic mass is 9.98. The van der Waals surface area contributed by atoms with Crippen LogP contribution in [0.25, 0.3) is 38.9 Å². The molecule has 0 saturated heterocycles. The second-order valence-corrected chi connectivity index (χ2v) is 6.91. The van der Waals surface area contributed by atoms with Crippen molar-refractivity contribution < 1.29 is 0 Å². The van der Waals surface area contributed by atoms with Gasteiger partial charge in [-0.25, -0.2) is 4.98 Å². The number of rotatable bonds is 3. The SMILES string of the molecule is CN1CNC=C1c1ccc(-c2ccc3cc(-c4cnc[nH]4)ccc3c2)cc1. The van der Waals surface area contributed by atoms with Crippen molar-refractivity contribution in [3.63, 3.8) is 0 Å². The highest BCUT2D eigenvalue weighted by molar-refractivity contribution is 5.90. The first-order chi connectivity index (χ1) is 13.3. The molecule has 0 fully saturated rings. The number of benzene rings is 3. The molecule has 0 unspecified atom stereocenters. The summed E-state index contributed by atoms with van der Waals surface area (Å²) >= 11 is 0. The summed E-state index contributed by atoms with van der Waals surface area (Å²) in [5.41, 5.74) is 7.11. The minimum absolute atomic E-state index is 0.863. The monoisotopic (exact) mass is 352 g/mol. The lowest BCUT2D eigenvalue weighted by Gasteiger charge is -2.15. The number of nitrogens with one attached hydrogen (secondary N) is 2. The van der Waals surface area contributed by atoms with E-state index in [4.69, 9.17) is 0 Å². The van der Waals surface area contributed by atoms with Gasteiger partial charge < -0.3 is 15.2 Å². The highest BCUT2D eigenvalue weighted by Crippen LogP contribution is 2.29. The number of imidazole rings is 1. The summed E-state index contributed by atoms with van der Waals surface area (Å²) in [6.07, 6.45) is 5.63. The van der Waals surface area contributed by atoms with Gasteiger partial charge >= 0.3 is 0 Å². The van der Waals surface area contributed by atoms with Gasteiger partial charge in [0.25, 0.3) is 0 Å². The summed E-state index contributed by atoms with van der Waals surface area (Å²) in [5, 5.41) is 5.73. The topological polar surface area (TPSA) is 44.0 Å². The largest absolute Gasteiger partial charge is 0.372 e. The highest BCUT2D eigenvalue weighted by atomic mass is 15.2. The van der Waals surface area contributed by atoms with E-state index < -0.39 is 0 Å². The molecule has 0 saturated carbocycles. The zero-order chi connectivity index (χ0) is 18.2. The van der Waals surface area contributed by atoms with Crippen LogP contribution in [-0.2, 0) is 0 Å². The fourth-order valence-corrected chi connectivity index (χ4v) is 3.62. The Kier molecular flexibility index (Phi) is 3.68. The van der Waals surface area contributed by atoms with Crippen molar-refractivity contribution in [1.82, 2.24) is 20.2 Å². The van der Waals surface area contributed by atoms with Crippen LogP contribution in [0.2, 0.25) is 0 Å². The van der Waals surface area contributed by atoms with Crippen molar-refractivity contribution in [3.8, 4) is 22.4 Å². The van der Waals surface area contributed by atoms with Crippen LogP contribution in [0, 0.1) is 0 Å². The first-order valence-electron chi connectivity index (χ1n) is 9.06. The van der Waals surface area contributed by atoms with Crippen LogP contribution >= 0.6 is 0 Å². The first kappa shape index (κ1) is 15.7. The fraction of sp³-hybridized carbons (Fsp3) is 0.0870. The molecule has 132 valence electrons. The molecule has 0 amide bonds. The van der Waals surface area contributed by atoms with Crippen molar-refractivity contribution in [1.29, 1.82) is 0 Å². The summed E-state index contributed by atoms with van der Waals surface area (Å²) in [5.74, 6) is 0. The summed E-state index contributed by atoms with van der Waals surface area (Å²) < 4.78 is 0. The normalized spacial score (nSPS) is 13.7. The molecule has 27 heavy (non-hydrogen) atoms. The number of aromatic amines is 1. The standard InChI is InChI=1S/C23H20N4/c1-27-15-25-13-23(27)17-4-2-16(3-5-17)18-6-7-20-11-21(9-8-19(20)10-18)22-12-24-14-26-22/h2-14,25H,15H2,1H3,(H,24,26). The van der Waals surface area contributed by atoms with E-state index in [0.29, 0.717) is 0 Å². The summed E-state index contributed by atoms with van der Waals surface area (Å²) in [7, 11) is 2.10. The maximum Gasteiger partial charge on any atom is 0.0924 e. The van der Waals surface area contributed by atoms with E-state index >= 15 is 0 Å². The maximum absolute atomic E-state index is 4.11. The minimum Gasteiger partial charge on any atom is -0.372 e. The van der Waals surface area contributed by atoms with Crippen molar-refractivity contribution in [3.05, 3.63) is 85.0 Å². The molecule has 4 heteroatoms. The number of nitrogens with zero attached hydrogens (tertiary/aromatic N) is 2. The number of aromatic nitrogens is 2. The Hall–Kier alpha value is -3.53. The molecular weight excluding hydrogens is 332 g/mol. The van der Waals surface area contributed by atoms with E-state index in [1.165, 1.54) is 33.2 Å². The second-order valence-electron chi connectivity index (χ2n) is 6.91. The predicted molar refractivity (Wildman–Crippen MR) is 111 cm³/mol. The van der Waals surface area contributed by atoms with Gasteiger partial charge in [-0.3, -0.25) is 0 Å². The van der Waals surface area contributed by atoms with Crippen molar-refractivity contribution in [2.45, 2.75) is 0 Å². The Labute approximate surface area is 158 Å². The highest BCUT2D eigenvalue weighted by Gasteiger charge is 2.12. The van der Waals surface area contributed by atoms with E-state index in [9.17, 15) is 0 Å². The van der Waals surface area contributed by atoms with Crippen LogP contribution in [-0.4, -0.2) is 28.6 Å². The molecule has 1 aliphatic rings. The van der Waals surface area contributed by atoms with Gasteiger partial charge in [-0.1, -0.05) is 48.5 Å². The quantitative estimate of drug-likeness (QED) is 0.562. The first-order valence-corrected chi connectivity index (χ1v) is 9.06. The smallest absolute Gasteiger partial charge is 0.0924 e. The molecule has 1 aliphatic heterocycles. The van der Waals surface area contributed by atoms with Gasteiger partial charge in [-0.05, 0) is 39.6 Å². The van der Waals surface area contributed by atoms with Crippen LogP contribution in [0.4, 0.5) is 0 Å². The molecule has 0 bridgehead atoms. The van der Waals surface area contributed by atoms with Crippen LogP contribution in [0.3, 0.4) is 0 Å². The van der Waals surface area contributed by atoms with Crippen molar-refractivity contribution in [2.75, 3.05) is 13.7 Å². The van der Waals surface area contributed by atoms with Gasteiger partial charge in [0.1, 0.15) is 0 Å². The van der Waals surface area contributed by atoms with Crippen molar-refractivity contribution in [2.24, 2.45) is 0 Å². The van der Waals surface area contributed by atoms with Crippen molar-refractivity contribution >= 4 is 16.5 Å². The van der Waals surface area contributed by atoms with Crippen LogP contribution in [0.1, 0.15) is 5.56 Å². The molecule has 0 spiro atoms. The van der Waals surface area contributed by atoms with Gasteiger partial charge in [0.15, 0.2) is 0 Å². The van der Waals surface area contributed by atoms with E-state index in [1.807, 2.05) is 6.20 Å². The van der Waals surface area contributed by atoms with Gasteiger partial charge in [0.2, 0.25) is 0 Å². The Morgan fingerprint density at radius 1 is 0.815 bits per heavy atom. The molecule has 0 aliphatic carbocycles. The van der Waals surface area contributed by atoms with Gasteiger partial charge in [-0.15, -0.1) is 0 Å². The van der Waals surface area contributed by atoms with E-state index in [2.05, 4.69) is 94.1 Å². The van der Waals surface area contributed by atoms with Crippen LogP contribution < -0.4 is 5.32 Å². The number of H-pyrrole nitrogens is 1. The zero-order valence-corrected chi connectivity index (χ0v) is 15.1. The number of fused-ring (bicyclic) bond motifs is 1. The Morgan fingerprint density at radius 2 is 1.48 bits per heavy atom. The molecular formula is C23H20N4. The number of hydrogen-bond donors (Lipinski definition) is 2. The van der Waals surface area contributed by atoms with Crippen LogP contribution in [0.5, 0.6) is 0 Å². The average molecular weight is 352 g/mol. The van der Waals surface area contributed by atoms with E-state index in [1.54, 1.807) is 6.33 Å². The predicted octanol–water partition coefficient (Wildman–Crippen LogP) is 4.69. The molecule has 5 rings (SSSR count). The molecule has 3 aromatic carbocycles. The second kappa shape index (κ2) is 6.32. The van der Waals surface area contributed by atoms with Gasteiger partial charge in [0, 0.05) is 18.8 Å². The Balaban J connectivity index is 1.47. The minimum atomic E-state index is 0.863. The molecule has 2 heterocycles. The van der Waals surface area contributed by atoms with Gasteiger partial charge in [-0.2, -0.15) is 0 Å². The Bertz CT molecular complexity index is 1120. The summed E-state index contributed by atoms with van der Waals surface area (Å²) in [4.78, 5) is 9.48.